The van der Waals surface area contributed by atoms with Gasteiger partial charge < -0.3 is 5.11 Å². The van der Waals surface area contributed by atoms with E-state index in [2.05, 4.69) is 48.3 Å². The maximum absolute atomic E-state index is 9.56. The summed E-state index contributed by atoms with van der Waals surface area (Å²) < 4.78 is 0. The first-order chi connectivity index (χ1) is 10.3. The first kappa shape index (κ1) is 12.9. The largest absolute Gasteiger partial charge is 0.508 e. The van der Waals surface area contributed by atoms with Crippen LogP contribution in [0.15, 0.2) is 48.5 Å². The van der Waals surface area contributed by atoms with Crippen LogP contribution in [0.1, 0.15) is 41.5 Å². The van der Waals surface area contributed by atoms with Crippen LogP contribution >= 0.6 is 0 Å². The number of phenols is 1. The molecule has 2 heteroatoms. The maximum atomic E-state index is 9.56. The van der Waals surface area contributed by atoms with E-state index in [1.165, 1.54) is 36.1 Å². The molecule has 0 bridgehead atoms. The summed E-state index contributed by atoms with van der Waals surface area (Å²) in [4.78, 5) is 2.52. The van der Waals surface area contributed by atoms with E-state index < -0.39 is 0 Å². The summed E-state index contributed by atoms with van der Waals surface area (Å²) in [5.41, 5.74) is 4.32. The van der Waals surface area contributed by atoms with E-state index in [1.54, 1.807) is 0 Å². The van der Waals surface area contributed by atoms with Crippen LogP contribution in [0.4, 0.5) is 0 Å². The first-order valence-corrected chi connectivity index (χ1v) is 7.83. The molecule has 1 aliphatic carbocycles. The molecule has 3 atom stereocenters. The van der Waals surface area contributed by atoms with E-state index in [0.29, 0.717) is 23.6 Å². The molecule has 0 aromatic heterocycles. The fourth-order valence-electron chi connectivity index (χ4n) is 4.42. The van der Waals surface area contributed by atoms with Gasteiger partial charge in [-0.1, -0.05) is 36.4 Å². The fraction of sp³-hybridized carbons (Fsp3) is 0.368. The molecule has 0 spiro atoms. The average molecular weight is 279 g/mol. The zero-order chi connectivity index (χ0) is 14.4. The molecule has 2 aromatic rings. The predicted molar refractivity (Wildman–Crippen MR) is 84.5 cm³/mol. The number of likely N-dealkylation sites (tertiary alicyclic amines) is 1. The summed E-state index contributed by atoms with van der Waals surface area (Å²) in [6, 6.07) is 17.3. The number of phenolic OH excluding ortho intramolecular Hbond substituents is 1. The molecule has 2 aliphatic rings. The number of nitrogens with zero attached hydrogens (tertiary/aromatic N) is 1. The van der Waals surface area contributed by atoms with E-state index >= 15 is 0 Å². The van der Waals surface area contributed by atoms with Gasteiger partial charge in [0.1, 0.15) is 5.75 Å². The molecule has 1 aliphatic heterocycles. The number of benzene rings is 2. The highest BCUT2D eigenvalue weighted by molar-refractivity contribution is 5.47. The maximum Gasteiger partial charge on any atom is 0.115 e. The van der Waals surface area contributed by atoms with Crippen molar-refractivity contribution in [2.45, 2.75) is 24.8 Å². The number of fused-ring (bicyclic) bond motifs is 3. The molecule has 1 saturated heterocycles. The zero-order valence-corrected chi connectivity index (χ0v) is 12.4. The van der Waals surface area contributed by atoms with Gasteiger partial charge in [-0.15, -0.1) is 0 Å². The van der Waals surface area contributed by atoms with Gasteiger partial charge in [0.2, 0.25) is 0 Å². The summed E-state index contributed by atoms with van der Waals surface area (Å²) in [5.74, 6) is 1.47. The van der Waals surface area contributed by atoms with Crippen LogP contribution in [0.3, 0.4) is 0 Å². The highest BCUT2D eigenvalue weighted by Crippen LogP contribution is 2.54. The van der Waals surface area contributed by atoms with Crippen LogP contribution in [0.25, 0.3) is 0 Å². The molecule has 0 radical (unpaired) electrons. The molecule has 0 amide bonds. The highest BCUT2D eigenvalue weighted by Gasteiger charge is 2.44. The minimum atomic E-state index is 0.349. The van der Waals surface area contributed by atoms with Gasteiger partial charge in [0, 0.05) is 12.0 Å². The molecule has 1 N–H and O–H groups in total. The van der Waals surface area contributed by atoms with Gasteiger partial charge in [-0.3, -0.25) is 4.90 Å². The van der Waals surface area contributed by atoms with Crippen molar-refractivity contribution in [3.8, 4) is 5.75 Å². The van der Waals surface area contributed by atoms with E-state index in [1.807, 2.05) is 12.1 Å². The number of hydrogen-bond donors (Lipinski definition) is 1. The van der Waals surface area contributed by atoms with E-state index in [9.17, 15) is 5.11 Å². The van der Waals surface area contributed by atoms with Crippen molar-refractivity contribution >= 4 is 0 Å². The topological polar surface area (TPSA) is 23.5 Å². The Kier molecular flexibility index (Phi) is 3.00. The second-order valence-electron chi connectivity index (χ2n) is 6.43. The molecule has 2 nitrogen and oxygen atoms in total. The van der Waals surface area contributed by atoms with Gasteiger partial charge >= 0.3 is 0 Å². The SMILES string of the molecule is CN1CCC[C@H]2[C@H](c3ccc(O)cc3)c3ccccc3[C@H]21. The number of aromatic hydroxyl groups is 1. The number of hydrogen-bond acceptors (Lipinski definition) is 2. The van der Waals surface area contributed by atoms with Crippen molar-refractivity contribution in [1.82, 2.24) is 4.90 Å². The fourth-order valence-corrected chi connectivity index (χ4v) is 4.42. The van der Waals surface area contributed by atoms with Gasteiger partial charge in [0.25, 0.3) is 0 Å². The normalized spacial score (nSPS) is 28.1. The summed E-state index contributed by atoms with van der Waals surface area (Å²) in [7, 11) is 2.26. The van der Waals surface area contributed by atoms with Crippen molar-refractivity contribution in [3.63, 3.8) is 0 Å². The summed E-state index contributed by atoms with van der Waals surface area (Å²) in [6.45, 7) is 1.19. The van der Waals surface area contributed by atoms with Crippen LogP contribution in [0.5, 0.6) is 5.75 Å². The lowest BCUT2D eigenvalue weighted by molar-refractivity contribution is 0.127. The monoisotopic (exact) mass is 279 g/mol. The third-order valence-electron chi connectivity index (χ3n) is 5.26. The molecule has 2 aromatic carbocycles. The summed E-state index contributed by atoms with van der Waals surface area (Å²) in [5, 5.41) is 9.56. The van der Waals surface area contributed by atoms with Crippen LogP contribution in [-0.4, -0.2) is 23.6 Å². The van der Waals surface area contributed by atoms with Crippen molar-refractivity contribution in [2.24, 2.45) is 5.92 Å². The summed E-state index contributed by atoms with van der Waals surface area (Å²) >= 11 is 0. The molecule has 1 fully saturated rings. The van der Waals surface area contributed by atoms with Crippen molar-refractivity contribution in [3.05, 3.63) is 65.2 Å². The Bertz CT molecular complexity index is 649. The van der Waals surface area contributed by atoms with Crippen LogP contribution in [-0.2, 0) is 0 Å². The van der Waals surface area contributed by atoms with Crippen molar-refractivity contribution in [2.75, 3.05) is 13.6 Å². The number of rotatable bonds is 1. The lowest BCUT2D eigenvalue weighted by atomic mass is 9.80. The molecule has 108 valence electrons. The van der Waals surface area contributed by atoms with Crippen LogP contribution in [0, 0.1) is 5.92 Å². The van der Waals surface area contributed by atoms with Crippen LogP contribution < -0.4 is 0 Å². The van der Waals surface area contributed by atoms with Gasteiger partial charge in [0.15, 0.2) is 0 Å². The molecular weight excluding hydrogens is 258 g/mol. The van der Waals surface area contributed by atoms with E-state index in [4.69, 9.17) is 0 Å². The van der Waals surface area contributed by atoms with Crippen molar-refractivity contribution < 1.29 is 5.11 Å². The van der Waals surface area contributed by atoms with E-state index in [-0.39, 0.29) is 0 Å². The van der Waals surface area contributed by atoms with Gasteiger partial charge in [-0.05, 0) is 61.2 Å². The third kappa shape index (κ3) is 1.97. The second-order valence-corrected chi connectivity index (χ2v) is 6.43. The molecule has 0 unspecified atom stereocenters. The second kappa shape index (κ2) is 4.88. The first-order valence-electron chi connectivity index (χ1n) is 7.83. The highest BCUT2D eigenvalue weighted by atomic mass is 16.3. The average Bonchev–Trinajstić information content (AvgIpc) is 2.84. The Hall–Kier alpha value is -1.80. The minimum absolute atomic E-state index is 0.349. The third-order valence-corrected chi connectivity index (χ3v) is 5.26. The Morgan fingerprint density at radius 3 is 2.48 bits per heavy atom. The Balaban J connectivity index is 1.84. The predicted octanol–water partition coefficient (Wildman–Crippen LogP) is 3.92. The van der Waals surface area contributed by atoms with Crippen molar-refractivity contribution in [1.29, 1.82) is 0 Å². The van der Waals surface area contributed by atoms with Gasteiger partial charge in [-0.25, -0.2) is 0 Å². The van der Waals surface area contributed by atoms with E-state index in [0.717, 1.165) is 0 Å². The minimum Gasteiger partial charge on any atom is -0.508 e. The lowest BCUT2D eigenvalue weighted by Gasteiger charge is -2.37. The smallest absolute Gasteiger partial charge is 0.115 e. The molecule has 0 saturated carbocycles. The molecule has 1 heterocycles. The van der Waals surface area contributed by atoms with Crippen LogP contribution in [0.2, 0.25) is 0 Å². The Morgan fingerprint density at radius 1 is 1.00 bits per heavy atom. The standard InChI is InChI=1S/C19H21NO/c1-20-12-4-7-17-18(13-8-10-14(21)11-9-13)15-5-2-3-6-16(15)19(17)20/h2-3,5-6,8-11,17-19,21H,4,7,12H2,1H3/t17-,18+,19+/m0/s1. The molecule has 21 heavy (non-hydrogen) atoms. The Labute approximate surface area is 126 Å². The van der Waals surface area contributed by atoms with Gasteiger partial charge in [0.05, 0.1) is 0 Å². The molecule has 4 rings (SSSR count). The number of piperidine rings is 1. The quantitative estimate of drug-likeness (QED) is 0.855. The summed E-state index contributed by atoms with van der Waals surface area (Å²) in [6.07, 6.45) is 2.56. The lowest BCUT2D eigenvalue weighted by Crippen LogP contribution is -2.34. The Morgan fingerprint density at radius 2 is 1.71 bits per heavy atom. The molecular formula is C19H21NO. The van der Waals surface area contributed by atoms with Gasteiger partial charge in [-0.2, -0.15) is 0 Å². The zero-order valence-electron chi connectivity index (χ0n) is 12.4.